The zero-order valence-corrected chi connectivity index (χ0v) is 10.2. The Morgan fingerprint density at radius 2 is 2.18 bits per heavy atom. The van der Waals surface area contributed by atoms with Gasteiger partial charge in [0.25, 0.3) is 0 Å². The number of aliphatic carboxylic acids is 1. The molecule has 0 fully saturated rings. The lowest BCUT2D eigenvalue weighted by Crippen LogP contribution is -2.38. The van der Waals surface area contributed by atoms with Gasteiger partial charge in [-0.3, -0.25) is 19.6 Å². The predicted molar refractivity (Wildman–Crippen MR) is 59.7 cm³/mol. The van der Waals surface area contributed by atoms with Crippen LogP contribution in [0, 0.1) is 23.0 Å². The third-order valence-corrected chi connectivity index (χ3v) is 3.09. The summed E-state index contributed by atoms with van der Waals surface area (Å²) < 4.78 is 1.35. The van der Waals surface area contributed by atoms with Gasteiger partial charge in [-0.1, -0.05) is 0 Å². The summed E-state index contributed by atoms with van der Waals surface area (Å²) in [6, 6.07) is 0. The second kappa shape index (κ2) is 4.15. The predicted octanol–water partition coefficient (Wildman–Crippen LogP) is 1.56. The summed E-state index contributed by atoms with van der Waals surface area (Å²) in [5, 5.41) is 23.7. The average molecular weight is 241 g/mol. The van der Waals surface area contributed by atoms with Crippen LogP contribution in [0.3, 0.4) is 0 Å². The van der Waals surface area contributed by atoms with Crippen LogP contribution < -0.4 is 0 Å². The number of aromatic nitrogens is 2. The first-order valence-electron chi connectivity index (χ1n) is 5.12. The minimum absolute atomic E-state index is 0.101. The van der Waals surface area contributed by atoms with Gasteiger partial charge in [-0.2, -0.15) is 5.10 Å². The van der Waals surface area contributed by atoms with Gasteiger partial charge in [0.15, 0.2) is 0 Å². The van der Waals surface area contributed by atoms with Crippen LogP contribution in [-0.2, 0) is 10.3 Å². The lowest BCUT2D eigenvalue weighted by atomic mass is 9.89. The number of carboxylic acids is 1. The van der Waals surface area contributed by atoms with Crippen molar-refractivity contribution in [1.82, 2.24) is 9.78 Å². The Kier molecular flexibility index (Phi) is 3.21. The van der Waals surface area contributed by atoms with Crippen LogP contribution in [0.25, 0.3) is 0 Å². The van der Waals surface area contributed by atoms with Gasteiger partial charge >= 0.3 is 11.7 Å². The molecule has 1 aromatic heterocycles. The fourth-order valence-electron chi connectivity index (χ4n) is 1.43. The lowest BCUT2D eigenvalue weighted by molar-refractivity contribution is -0.385. The Morgan fingerprint density at radius 3 is 2.53 bits per heavy atom. The van der Waals surface area contributed by atoms with Gasteiger partial charge in [-0.05, 0) is 27.7 Å². The molecule has 1 aromatic rings. The van der Waals surface area contributed by atoms with Crippen molar-refractivity contribution >= 4 is 11.7 Å². The fourth-order valence-corrected chi connectivity index (χ4v) is 1.43. The zero-order chi connectivity index (χ0) is 13.4. The minimum atomic E-state index is -0.967. The highest BCUT2D eigenvalue weighted by atomic mass is 16.6. The molecule has 0 radical (unpaired) electrons. The van der Waals surface area contributed by atoms with Crippen molar-refractivity contribution in [2.24, 2.45) is 5.92 Å². The van der Waals surface area contributed by atoms with Crippen LogP contribution in [0.15, 0.2) is 6.20 Å². The van der Waals surface area contributed by atoms with Gasteiger partial charge in [0.1, 0.15) is 11.9 Å². The number of aryl methyl sites for hydroxylation is 1. The summed E-state index contributed by atoms with van der Waals surface area (Å²) in [5.41, 5.74) is -0.651. The van der Waals surface area contributed by atoms with Crippen LogP contribution >= 0.6 is 0 Å². The summed E-state index contributed by atoms with van der Waals surface area (Å²) in [6.45, 7) is 6.44. The Labute approximate surface area is 98.2 Å². The van der Waals surface area contributed by atoms with Gasteiger partial charge in [0.05, 0.1) is 16.4 Å². The Bertz CT molecular complexity index is 464. The topological polar surface area (TPSA) is 98.3 Å². The molecule has 0 aliphatic rings. The second-order valence-electron chi connectivity index (χ2n) is 4.52. The number of rotatable bonds is 4. The Morgan fingerprint density at radius 1 is 1.65 bits per heavy atom. The molecule has 1 N–H and O–H groups in total. The number of nitro groups is 1. The van der Waals surface area contributed by atoms with E-state index in [1.165, 1.54) is 17.8 Å². The van der Waals surface area contributed by atoms with Crippen molar-refractivity contribution < 1.29 is 14.8 Å². The van der Waals surface area contributed by atoms with Crippen molar-refractivity contribution in [2.45, 2.75) is 33.2 Å². The zero-order valence-electron chi connectivity index (χ0n) is 10.2. The van der Waals surface area contributed by atoms with E-state index in [1.807, 2.05) is 0 Å². The third-order valence-electron chi connectivity index (χ3n) is 3.09. The minimum Gasteiger partial charge on any atom is -0.481 e. The molecule has 94 valence electrons. The van der Waals surface area contributed by atoms with E-state index in [-0.39, 0.29) is 11.4 Å². The summed E-state index contributed by atoms with van der Waals surface area (Å²) in [7, 11) is 0. The van der Waals surface area contributed by atoms with Crippen molar-refractivity contribution in [3.8, 4) is 0 Å². The number of hydrogen-bond donors (Lipinski definition) is 1. The quantitative estimate of drug-likeness (QED) is 0.637. The maximum atomic E-state index is 11.0. The molecule has 0 saturated carbocycles. The van der Waals surface area contributed by atoms with Gasteiger partial charge in [-0.25, -0.2) is 0 Å². The van der Waals surface area contributed by atoms with E-state index >= 15 is 0 Å². The molecule has 0 aliphatic carbocycles. The molecule has 0 saturated heterocycles. The molecule has 7 heteroatoms. The summed E-state index contributed by atoms with van der Waals surface area (Å²) in [4.78, 5) is 21.1. The molecule has 0 aliphatic heterocycles. The standard InChI is InChI=1S/C10H15N3O4/c1-6(9(14)15)10(3,4)12-5-8(13(16)17)7(2)11-12/h5-6H,1-4H3,(H,14,15). The molecule has 17 heavy (non-hydrogen) atoms. The maximum absolute atomic E-state index is 11.0. The first-order valence-corrected chi connectivity index (χ1v) is 5.12. The molecule has 1 unspecified atom stereocenters. The van der Waals surface area contributed by atoms with Crippen molar-refractivity contribution in [2.75, 3.05) is 0 Å². The van der Waals surface area contributed by atoms with Gasteiger partial charge in [-0.15, -0.1) is 0 Å². The summed E-state index contributed by atoms with van der Waals surface area (Å²) >= 11 is 0. The van der Waals surface area contributed by atoms with Crippen molar-refractivity contribution in [3.05, 3.63) is 22.0 Å². The monoisotopic (exact) mass is 241 g/mol. The largest absolute Gasteiger partial charge is 0.481 e. The molecule has 1 atom stereocenters. The van der Waals surface area contributed by atoms with Crippen LogP contribution in [0.2, 0.25) is 0 Å². The normalized spacial score (nSPS) is 13.4. The molecule has 0 aromatic carbocycles. The van der Waals surface area contributed by atoms with Crippen LogP contribution in [-0.4, -0.2) is 25.8 Å². The van der Waals surface area contributed by atoms with Crippen LogP contribution in [0.5, 0.6) is 0 Å². The van der Waals surface area contributed by atoms with Crippen LogP contribution in [0.1, 0.15) is 26.5 Å². The van der Waals surface area contributed by atoms with E-state index in [2.05, 4.69) is 5.10 Å². The Balaban J connectivity index is 3.20. The lowest BCUT2D eigenvalue weighted by Gasteiger charge is -2.29. The molecular formula is C10H15N3O4. The molecule has 0 spiro atoms. The molecular weight excluding hydrogens is 226 g/mol. The number of hydrogen-bond acceptors (Lipinski definition) is 4. The first-order chi connectivity index (χ1) is 7.67. The highest BCUT2D eigenvalue weighted by Crippen LogP contribution is 2.28. The average Bonchev–Trinajstić information content (AvgIpc) is 2.59. The number of carboxylic acid groups (broad SMARTS) is 1. The van der Waals surface area contributed by atoms with Crippen molar-refractivity contribution in [3.63, 3.8) is 0 Å². The van der Waals surface area contributed by atoms with E-state index in [0.29, 0.717) is 0 Å². The second-order valence-corrected chi connectivity index (χ2v) is 4.52. The van der Waals surface area contributed by atoms with Crippen LogP contribution in [0.4, 0.5) is 5.69 Å². The smallest absolute Gasteiger partial charge is 0.309 e. The number of carbonyl (C=O) groups is 1. The van der Waals surface area contributed by atoms with E-state index < -0.39 is 22.3 Å². The number of nitrogens with zero attached hydrogens (tertiary/aromatic N) is 3. The van der Waals surface area contributed by atoms with E-state index in [4.69, 9.17) is 5.11 Å². The van der Waals surface area contributed by atoms with E-state index in [0.717, 1.165) is 0 Å². The molecule has 1 rings (SSSR count). The Hall–Kier alpha value is -1.92. The SMILES string of the molecule is Cc1nn(C(C)(C)C(C)C(=O)O)cc1[N+](=O)[O-]. The highest BCUT2D eigenvalue weighted by Gasteiger charge is 2.35. The van der Waals surface area contributed by atoms with Gasteiger partial charge in [0.2, 0.25) is 0 Å². The molecule has 0 bridgehead atoms. The highest BCUT2D eigenvalue weighted by molar-refractivity contribution is 5.70. The first kappa shape index (κ1) is 13.1. The molecule has 1 heterocycles. The third kappa shape index (κ3) is 2.27. The maximum Gasteiger partial charge on any atom is 0.309 e. The summed E-state index contributed by atoms with van der Waals surface area (Å²) in [6.07, 6.45) is 1.27. The fraction of sp³-hybridized carbons (Fsp3) is 0.600. The van der Waals surface area contributed by atoms with Crippen molar-refractivity contribution in [1.29, 1.82) is 0 Å². The molecule has 7 nitrogen and oxygen atoms in total. The van der Waals surface area contributed by atoms with Gasteiger partial charge in [0, 0.05) is 0 Å². The van der Waals surface area contributed by atoms with E-state index in [9.17, 15) is 14.9 Å². The van der Waals surface area contributed by atoms with E-state index in [1.54, 1.807) is 20.8 Å². The summed E-state index contributed by atoms with van der Waals surface area (Å²) in [5.74, 6) is -1.67. The van der Waals surface area contributed by atoms with Gasteiger partial charge < -0.3 is 5.11 Å². The molecule has 0 amide bonds.